The molecule has 0 atom stereocenters. The maximum absolute atomic E-state index is 9.45. The topological polar surface area (TPSA) is 48.9 Å². The summed E-state index contributed by atoms with van der Waals surface area (Å²) in [7, 11) is 0. The number of rotatable bonds is 2. The van der Waals surface area contributed by atoms with Gasteiger partial charge in [0.2, 0.25) is 5.88 Å². The van der Waals surface area contributed by atoms with Crippen molar-refractivity contribution in [2.24, 2.45) is 0 Å². The highest BCUT2D eigenvalue weighted by molar-refractivity contribution is 5.21. The summed E-state index contributed by atoms with van der Waals surface area (Å²) >= 11 is 0. The number of aromatic hydroxyl groups is 1. The van der Waals surface area contributed by atoms with Crippen LogP contribution in [0.3, 0.4) is 0 Å². The number of aromatic nitrogens is 2. The summed E-state index contributed by atoms with van der Waals surface area (Å²) in [4.78, 5) is 7.38. The lowest BCUT2D eigenvalue weighted by Gasteiger charge is -2.02. The molecule has 72 valence electrons. The summed E-state index contributed by atoms with van der Waals surface area (Å²) < 4.78 is 0. The van der Waals surface area contributed by atoms with Gasteiger partial charge in [0, 0.05) is 5.92 Å². The molecular weight excluding hydrogens is 164 g/mol. The van der Waals surface area contributed by atoms with Crippen molar-refractivity contribution >= 4 is 0 Å². The number of aryl methyl sites for hydroxylation is 1. The number of H-pyrrole nitrogens is 1. The van der Waals surface area contributed by atoms with Crippen molar-refractivity contribution in [3.63, 3.8) is 0 Å². The largest absolute Gasteiger partial charge is 0.492 e. The first-order chi connectivity index (χ1) is 6.31. The average molecular weight is 180 g/mol. The highest BCUT2D eigenvalue weighted by Gasteiger charge is 2.21. The first-order valence-electron chi connectivity index (χ1n) is 5.09. The van der Waals surface area contributed by atoms with Crippen molar-refractivity contribution < 1.29 is 5.11 Å². The summed E-state index contributed by atoms with van der Waals surface area (Å²) in [6.45, 7) is 2.02. The van der Waals surface area contributed by atoms with E-state index >= 15 is 0 Å². The molecular formula is C10H16N2O. The van der Waals surface area contributed by atoms with E-state index in [0.29, 0.717) is 5.92 Å². The fourth-order valence-electron chi connectivity index (χ4n) is 2.06. The molecule has 0 radical (unpaired) electrons. The van der Waals surface area contributed by atoms with Gasteiger partial charge in [0.15, 0.2) is 0 Å². The van der Waals surface area contributed by atoms with Crippen LogP contribution in [0.5, 0.6) is 5.88 Å². The van der Waals surface area contributed by atoms with E-state index in [9.17, 15) is 5.11 Å². The highest BCUT2D eigenvalue weighted by atomic mass is 16.3. The smallest absolute Gasteiger partial charge is 0.232 e. The Morgan fingerprint density at radius 2 is 2.15 bits per heavy atom. The molecule has 1 aromatic rings. The number of imidazole rings is 1. The molecule has 2 rings (SSSR count). The zero-order chi connectivity index (χ0) is 9.26. The maximum Gasteiger partial charge on any atom is 0.232 e. The summed E-state index contributed by atoms with van der Waals surface area (Å²) in [6, 6.07) is 0. The van der Waals surface area contributed by atoms with Crippen LogP contribution in [0.2, 0.25) is 0 Å². The molecule has 0 unspecified atom stereocenters. The van der Waals surface area contributed by atoms with Crippen LogP contribution in [-0.2, 0) is 6.42 Å². The lowest BCUT2D eigenvalue weighted by Crippen LogP contribution is -1.94. The molecule has 0 spiro atoms. The molecule has 1 saturated carbocycles. The normalized spacial score (nSPS) is 18.2. The van der Waals surface area contributed by atoms with E-state index in [2.05, 4.69) is 9.97 Å². The second-order valence-corrected chi connectivity index (χ2v) is 3.76. The summed E-state index contributed by atoms with van der Waals surface area (Å²) in [5.41, 5.74) is 0.877. The van der Waals surface area contributed by atoms with Gasteiger partial charge < -0.3 is 10.1 Å². The van der Waals surface area contributed by atoms with Gasteiger partial charge in [-0.1, -0.05) is 19.8 Å². The number of nitrogens with one attached hydrogen (secondary N) is 1. The van der Waals surface area contributed by atoms with Gasteiger partial charge in [0.05, 0.1) is 5.69 Å². The van der Waals surface area contributed by atoms with Gasteiger partial charge in [-0.25, -0.2) is 0 Å². The molecule has 0 amide bonds. The molecule has 0 bridgehead atoms. The lowest BCUT2D eigenvalue weighted by molar-refractivity contribution is 0.448. The van der Waals surface area contributed by atoms with Crippen LogP contribution in [0, 0.1) is 0 Å². The second kappa shape index (κ2) is 3.40. The Balaban J connectivity index is 2.20. The predicted octanol–water partition coefficient (Wildman–Crippen LogP) is 2.34. The van der Waals surface area contributed by atoms with Crippen LogP contribution in [0.25, 0.3) is 0 Å². The number of aromatic amines is 1. The van der Waals surface area contributed by atoms with E-state index in [1.807, 2.05) is 6.92 Å². The fraction of sp³-hybridized carbons (Fsp3) is 0.700. The molecule has 0 saturated heterocycles. The Hall–Kier alpha value is -0.990. The molecule has 0 aliphatic heterocycles. The second-order valence-electron chi connectivity index (χ2n) is 3.76. The average Bonchev–Trinajstić information content (AvgIpc) is 2.71. The molecule has 1 fully saturated rings. The van der Waals surface area contributed by atoms with E-state index in [0.717, 1.165) is 17.9 Å². The molecule has 1 aliphatic carbocycles. The van der Waals surface area contributed by atoms with E-state index in [4.69, 9.17) is 0 Å². The van der Waals surface area contributed by atoms with Crippen molar-refractivity contribution in [2.75, 3.05) is 0 Å². The minimum atomic E-state index is 0.199. The quantitative estimate of drug-likeness (QED) is 0.733. The fourth-order valence-corrected chi connectivity index (χ4v) is 2.06. The minimum absolute atomic E-state index is 0.199. The Morgan fingerprint density at radius 3 is 2.69 bits per heavy atom. The third-order valence-electron chi connectivity index (χ3n) is 2.87. The van der Waals surface area contributed by atoms with E-state index in [-0.39, 0.29) is 5.88 Å². The zero-order valence-corrected chi connectivity index (χ0v) is 8.01. The van der Waals surface area contributed by atoms with Gasteiger partial charge in [-0.15, -0.1) is 0 Å². The molecule has 3 heteroatoms. The molecule has 1 heterocycles. The summed E-state index contributed by atoms with van der Waals surface area (Å²) in [6.07, 6.45) is 5.86. The van der Waals surface area contributed by atoms with Crippen LogP contribution in [0.4, 0.5) is 0 Å². The minimum Gasteiger partial charge on any atom is -0.492 e. The van der Waals surface area contributed by atoms with E-state index < -0.39 is 0 Å². The molecule has 1 aliphatic rings. The molecule has 2 N–H and O–H groups in total. The monoisotopic (exact) mass is 180 g/mol. The van der Waals surface area contributed by atoms with E-state index in [1.165, 1.54) is 25.7 Å². The van der Waals surface area contributed by atoms with Crippen LogP contribution in [0.15, 0.2) is 0 Å². The highest BCUT2D eigenvalue weighted by Crippen LogP contribution is 2.33. The van der Waals surface area contributed by atoms with Crippen LogP contribution >= 0.6 is 0 Å². The SMILES string of the molecule is CCc1[nH]c(C2CCCC2)nc1O. The Bertz CT molecular complexity index is 287. The van der Waals surface area contributed by atoms with Gasteiger partial charge in [0.25, 0.3) is 0 Å². The van der Waals surface area contributed by atoms with Crippen molar-refractivity contribution in [3.8, 4) is 5.88 Å². The van der Waals surface area contributed by atoms with Crippen LogP contribution in [-0.4, -0.2) is 15.1 Å². The first kappa shape index (κ1) is 8.60. The Morgan fingerprint density at radius 1 is 1.46 bits per heavy atom. The van der Waals surface area contributed by atoms with Crippen molar-refractivity contribution in [3.05, 3.63) is 11.5 Å². The third kappa shape index (κ3) is 1.55. The molecule has 3 nitrogen and oxygen atoms in total. The van der Waals surface area contributed by atoms with Crippen molar-refractivity contribution in [1.82, 2.24) is 9.97 Å². The number of hydrogen-bond donors (Lipinski definition) is 2. The van der Waals surface area contributed by atoms with Gasteiger partial charge in [-0.05, 0) is 19.3 Å². The van der Waals surface area contributed by atoms with E-state index in [1.54, 1.807) is 0 Å². The third-order valence-corrected chi connectivity index (χ3v) is 2.87. The summed E-state index contributed by atoms with van der Waals surface area (Å²) in [5, 5.41) is 9.45. The van der Waals surface area contributed by atoms with Crippen molar-refractivity contribution in [2.45, 2.75) is 44.9 Å². The molecule has 1 aromatic heterocycles. The Kier molecular flexibility index (Phi) is 2.25. The van der Waals surface area contributed by atoms with Gasteiger partial charge >= 0.3 is 0 Å². The molecule has 0 aromatic carbocycles. The lowest BCUT2D eigenvalue weighted by atomic mass is 10.1. The van der Waals surface area contributed by atoms with Crippen LogP contribution in [0.1, 0.15) is 50.0 Å². The maximum atomic E-state index is 9.45. The van der Waals surface area contributed by atoms with Gasteiger partial charge in [-0.3, -0.25) is 0 Å². The van der Waals surface area contributed by atoms with Gasteiger partial charge in [0.1, 0.15) is 5.82 Å². The zero-order valence-electron chi connectivity index (χ0n) is 8.01. The number of nitrogens with zero attached hydrogens (tertiary/aromatic N) is 1. The van der Waals surface area contributed by atoms with Gasteiger partial charge in [-0.2, -0.15) is 4.98 Å². The Labute approximate surface area is 78.2 Å². The summed E-state index contributed by atoms with van der Waals surface area (Å²) in [5.74, 6) is 1.75. The first-order valence-corrected chi connectivity index (χ1v) is 5.09. The predicted molar refractivity (Wildman–Crippen MR) is 50.8 cm³/mol. The molecule has 13 heavy (non-hydrogen) atoms. The number of hydrogen-bond acceptors (Lipinski definition) is 2. The standard InChI is InChI=1S/C10H16N2O/c1-2-8-10(13)12-9(11-8)7-5-3-4-6-7/h7,13H,2-6H2,1H3,(H,11,12). The van der Waals surface area contributed by atoms with Crippen molar-refractivity contribution in [1.29, 1.82) is 0 Å². The van der Waals surface area contributed by atoms with Crippen LogP contribution < -0.4 is 0 Å².